The minimum Gasteiger partial charge on any atom is -0.392 e. The molecule has 1 saturated carbocycles. The van der Waals surface area contributed by atoms with Gasteiger partial charge in [0.25, 0.3) is 0 Å². The van der Waals surface area contributed by atoms with Gasteiger partial charge in [-0.2, -0.15) is 0 Å². The van der Waals surface area contributed by atoms with E-state index in [0.29, 0.717) is 12.1 Å². The molecule has 2 heterocycles. The number of aliphatic hydroxyl groups is 1. The molecule has 3 N–H and O–H groups in total. The summed E-state index contributed by atoms with van der Waals surface area (Å²) in [5.41, 5.74) is 11.5. The van der Waals surface area contributed by atoms with Crippen LogP contribution in [0.2, 0.25) is 0 Å². The molecule has 140 valence electrons. The van der Waals surface area contributed by atoms with Gasteiger partial charge in [0.1, 0.15) is 0 Å². The topological polar surface area (TPSA) is 75.3 Å². The van der Waals surface area contributed by atoms with Gasteiger partial charge >= 0.3 is 0 Å². The molecule has 0 aliphatic heterocycles. The van der Waals surface area contributed by atoms with Gasteiger partial charge in [-0.3, -0.25) is 14.9 Å². The Labute approximate surface area is 156 Å². The van der Waals surface area contributed by atoms with Crippen LogP contribution in [-0.4, -0.2) is 32.1 Å². The molecule has 0 radical (unpaired) electrons. The highest BCUT2D eigenvalue weighted by Gasteiger charge is 2.26. The Morgan fingerprint density at radius 2 is 1.85 bits per heavy atom. The first-order chi connectivity index (χ1) is 12.6. The first-order valence-electron chi connectivity index (χ1n) is 9.52. The molecule has 3 rings (SSSR count). The summed E-state index contributed by atoms with van der Waals surface area (Å²) in [6.45, 7) is 5.75. The predicted molar refractivity (Wildman–Crippen MR) is 103 cm³/mol. The van der Waals surface area contributed by atoms with E-state index < -0.39 is 0 Å². The summed E-state index contributed by atoms with van der Waals surface area (Å²) in [4.78, 5) is 11.7. The minimum absolute atomic E-state index is 0.0222. The van der Waals surface area contributed by atoms with Crippen molar-refractivity contribution in [1.82, 2.24) is 14.9 Å². The summed E-state index contributed by atoms with van der Waals surface area (Å²) in [5.74, 6) is 0. The maximum absolute atomic E-state index is 9.65. The zero-order chi connectivity index (χ0) is 18.5. The lowest BCUT2D eigenvalue weighted by atomic mass is 9.90. The number of aliphatic hydroxyl groups excluding tert-OH is 1. The van der Waals surface area contributed by atoms with E-state index in [2.05, 4.69) is 34.8 Å². The van der Waals surface area contributed by atoms with Gasteiger partial charge in [0, 0.05) is 43.1 Å². The number of hydrogen-bond donors (Lipinski definition) is 2. The SMILES string of the molecule is Cc1cnc(CN(Cc2ncccc2CO)C2CCC(N)CC2)c(C)c1. The van der Waals surface area contributed by atoms with Crippen LogP contribution in [0.3, 0.4) is 0 Å². The standard InChI is InChI=1S/C21H30N4O/c1-15-10-16(2)20(24-11-15)12-25(19-7-5-18(22)6-8-19)13-21-17(14-26)4-3-9-23-21/h3-4,9-11,18-19,26H,5-8,12-14,22H2,1-2H3. The highest BCUT2D eigenvalue weighted by molar-refractivity contribution is 5.24. The number of aryl methyl sites for hydroxylation is 2. The Hall–Kier alpha value is -1.82. The number of rotatable bonds is 6. The molecular weight excluding hydrogens is 324 g/mol. The molecule has 2 aromatic heterocycles. The number of nitrogens with two attached hydrogens (primary N) is 1. The number of pyridine rings is 2. The van der Waals surface area contributed by atoms with Gasteiger partial charge in [-0.15, -0.1) is 0 Å². The lowest BCUT2D eigenvalue weighted by molar-refractivity contribution is 0.129. The van der Waals surface area contributed by atoms with Crippen molar-refractivity contribution in [2.75, 3.05) is 0 Å². The van der Waals surface area contributed by atoms with Crippen LogP contribution < -0.4 is 5.73 Å². The summed E-state index contributed by atoms with van der Waals surface area (Å²) < 4.78 is 0. The highest BCUT2D eigenvalue weighted by atomic mass is 16.3. The molecule has 26 heavy (non-hydrogen) atoms. The van der Waals surface area contributed by atoms with Crippen LogP contribution in [0.4, 0.5) is 0 Å². The highest BCUT2D eigenvalue weighted by Crippen LogP contribution is 2.26. The lowest BCUT2D eigenvalue weighted by Crippen LogP contribution is -2.40. The molecule has 0 atom stereocenters. The normalized spacial score (nSPS) is 20.5. The van der Waals surface area contributed by atoms with Crippen LogP contribution >= 0.6 is 0 Å². The number of aromatic nitrogens is 2. The van der Waals surface area contributed by atoms with E-state index in [0.717, 1.165) is 55.7 Å². The van der Waals surface area contributed by atoms with E-state index >= 15 is 0 Å². The van der Waals surface area contributed by atoms with Crippen molar-refractivity contribution >= 4 is 0 Å². The van der Waals surface area contributed by atoms with E-state index in [1.165, 1.54) is 11.1 Å². The monoisotopic (exact) mass is 354 g/mol. The summed E-state index contributed by atoms with van der Waals surface area (Å²) in [6.07, 6.45) is 8.09. The van der Waals surface area contributed by atoms with Gasteiger partial charge in [0.2, 0.25) is 0 Å². The van der Waals surface area contributed by atoms with E-state index in [-0.39, 0.29) is 6.61 Å². The van der Waals surface area contributed by atoms with Crippen molar-refractivity contribution in [3.8, 4) is 0 Å². The fourth-order valence-electron chi connectivity index (χ4n) is 3.83. The molecule has 5 heteroatoms. The summed E-state index contributed by atoms with van der Waals surface area (Å²) in [6, 6.07) is 6.83. The zero-order valence-electron chi connectivity index (χ0n) is 15.9. The van der Waals surface area contributed by atoms with Crippen LogP contribution in [0.15, 0.2) is 30.6 Å². The van der Waals surface area contributed by atoms with Gasteiger partial charge in [0.15, 0.2) is 0 Å². The van der Waals surface area contributed by atoms with Gasteiger partial charge < -0.3 is 10.8 Å². The molecule has 5 nitrogen and oxygen atoms in total. The van der Waals surface area contributed by atoms with Crippen LogP contribution in [0.25, 0.3) is 0 Å². The van der Waals surface area contributed by atoms with E-state index in [9.17, 15) is 5.11 Å². The largest absolute Gasteiger partial charge is 0.392 e. The third-order valence-electron chi connectivity index (χ3n) is 5.44. The van der Waals surface area contributed by atoms with Crippen molar-refractivity contribution in [1.29, 1.82) is 0 Å². The molecule has 2 aromatic rings. The second kappa shape index (κ2) is 8.71. The van der Waals surface area contributed by atoms with Crippen molar-refractivity contribution < 1.29 is 5.11 Å². The predicted octanol–water partition coefficient (Wildman–Crippen LogP) is 2.86. The lowest BCUT2D eigenvalue weighted by Gasteiger charge is -2.36. The van der Waals surface area contributed by atoms with Crippen molar-refractivity contribution in [2.24, 2.45) is 5.73 Å². The van der Waals surface area contributed by atoms with Crippen LogP contribution in [0.5, 0.6) is 0 Å². The van der Waals surface area contributed by atoms with Gasteiger partial charge in [0.05, 0.1) is 18.0 Å². The first kappa shape index (κ1) is 19.0. The zero-order valence-corrected chi connectivity index (χ0v) is 15.9. The Morgan fingerprint density at radius 1 is 1.12 bits per heavy atom. The average Bonchev–Trinajstić information content (AvgIpc) is 2.64. The summed E-state index contributed by atoms with van der Waals surface area (Å²) >= 11 is 0. The molecule has 0 amide bonds. The minimum atomic E-state index is 0.0222. The molecule has 1 aliphatic rings. The van der Waals surface area contributed by atoms with Crippen LogP contribution in [0, 0.1) is 13.8 Å². The van der Waals surface area contributed by atoms with Gasteiger partial charge in [-0.25, -0.2) is 0 Å². The van der Waals surface area contributed by atoms with E-state index in [4.69, 9.17) is 5.73 Å². The van der Waals surface area contributed by atoms with Crippen molar-refractivity contribution in [3.05, 3.63) is 58.7 Å². The molecule has 1 aliphatic carbocycles. The Balaban J connectivity index is 1.83. The molecule has 0 saturated heterocycles. The van der Waals surface area contributed by atoms with Crippen molar-refractivity contribution in [2.45, 2.75) is 71.3 Å². The van der Waals surface area contributed by atoms with Crippen LogP contribution in [-0.2, 0) is 19.7 Å². The van der Waals surface area contributed by atoms with E-state index in [1.807, 2.05) is 18.3 Å². The first-order valence-corrected chi connectivity index (χ1v) is 9.52. The molecule has 0 bridgehead atoms. The molecule has 0 spiro atoms. The molecular formula is C21H30N4O. The number of hydrogen-bond acceptors (Lipinski definition) is 5. The fourth-order valence-corrected chi connectivity index (χ4v) is 3.83. The second-order valence-corrected chi connectivity index (χ2v) is 7.52. The quantitative estimate of drug-likeness (QED) is 0.834. The van der Waals surface area contributed by atoms with Gasteiger partial charge in [-0.05, 0) is 56.7 Å². The molecule has 1 fully saturated rings. The molecule has 0 aromatic carbocycles. The number of nitrogens with zero attached hydrogens (tertiary/aromatic N) is 3. The Bertz CT molecular complexity index is 726. The maximum atomic E-state index is 9.65. The smallest absolute Gasteiger partial charge is 0.0700 e. The fraction of sp³-hybridized carbons (Fsp3) is 0.524. The maximum Gasteiger partial charge on any atom is 0.0700 e. The Morgan fingerprint density at radius 3 is 2.54 bits per heavy atom. The van der Waals surface area contributed by atoms with Crippen molar-refractivity contribution in [3.63, 3.8) is 0 Å². The Kier molecular flexibility index (Phi) is 6.35. The van der Waals surface area contributed by atoms with Gasteiger partial charge in [-0.1, -0.05) is 12.1 Å². The summed E-state index contributed by atoms with van der Waals surface area (Å²) in [5, 5.41) is 9.65. The van der Waals surface area contributed by atoms with E-state index in [1.54, 1.807) is 6.20 Å². The van der Waals surface area contributed by atoms with Crippen LogP contribution in [0.1, 0.15) is 53.8 Å². The third-order valence-corrected chi connectivity index (χ3v) is 5.44. The average molecular weight is 354 g/mol. The second-order valence-electron chi connectivity index (χ2n) is 7.52. The third kappa shape index (κ3) is 4.67. The summed E-state index contributed by atoms with van der Waals surface area (Å²) in [7, 11) is 0. The molecule has 0 unspecified atom stereocenters.